The maximum absolute atomic E-state index is 13.3. The Morgan fingerprint density at radius 3 is 1.83 bits per heavy atom. The molecule has 0 bridgehead atoms. The molecule has 196 valence electrons. The van der Waals surface area contributed by atoms with Gasteiger partial charge in [-0.15, -0.1) is 0 Å². The van der Waals surface area contributed by atoms with E-state index in [0.29, 0.717) is 0 Å². The van der Waals surface area contributed by atoms with E-state index in [9.17, 15) is 14.4 Å². The molecule has 2 aromatic rings. The molecular weight excluding hydrogens is 460 g/mol. The predicted molar refractivity (Wildman–Crippen MR) is 137 cm³/mol. The first-order valence-corrected chi connectivity index (χ1v) is 12.0. The zero-order valence-electron chi connectivity index (χ0n) is 22.0. The zero-order chi connectivity index (χ0) is 26.8. The number of rotatable bonds is 10. The molecule has 0 aliphatic rings. The van der Waals surface area contributed by atoms with E-state index in [1.165, 1.54) is 0 Å². The lowest BCUT2D eigenvalue weighted by molar-refractivity contribution is -0.162. The number of carbonyl (C=O) groups excluding carboxylic acids is 3. The Morgan fingerprint density at radius 1 is 0.750 bits per heavy atom. The van der Waals surface area contributed by atoms with Crippen LogP contribution in [0, 0.1) is 0 Å². The average molecular weight is 499 g/mol. The summed E-state index contributed by atoms with van der Waals surface area (Å²) in [5, 5.41) is 5.34. The highest BCUT2D eigenvalue weighted by molar-refractivity contribution is 5.90. The molecular formula is C28H38N2O6. The van der Waals surface area contributed by atoms with Crippen molar-refractivity contribution in [2.45, 2.75) is 77.9 Å². The highest BCUT2D eigenvalue weighted by Crippen LogP contribution is 2.13. The molecule has 0 fully saturated rings. The fourth-order valence-corrected chi connectivity index (χ4v) is 3.11. The fraction of sp³-hybridized carbons (Fsp3) is 0.464. The van der Waals surface area contributed by atoms with E-state index in [4.69, 9.17) is 14.2 Å². The molecule has 0 aromatic heterocycles. The lowest BCUT2D eigenvalue weighted by Gasteiger charge is -2.28. The molecule has 2 rings (SSSR count). The third kappa shape index (κ3) is 11.4. The highest BCUT2D eigenvalue weighted by Gasteiger charge is 2.31. The minimum atomic E-state index is -1.06. The number of esters is 1. The van der Waals surface area contributed by atoms with Crippen molar-refractivity contribution in [3.05, 3.63) is 71.8 Å². The zero-order valence-corrected chi connectivity index (χ0v) is 22.0. The Hall–Kier alpha value is -3.39. The lowest BCUT2D eigenvalue weighted by Crippen LogP contribution is -2.55. The summed E-state index contributed by atoms with van der Waals surface area (Å²) in [6.45, 7) is 10.8. The highest BCUT2D eigenvalue weighted by atomic mass is 16.6. The molecule has 0 heterocycles. The number of amides is 2. The quantitative estimate of drug-likeness (QED) is 0.477. The number of carbonyl (C=O) groups is 3. The van der Waals surface area contributed by atoms with Gasteiger partial charge in [0.05, 0.1) is 12.2 Å². The average Bonchev–Trinajstić information content (AvgIpc) is 2.79. The van der Waals surface area contributed by atoms with Crippen LogP contribution in [0.5, 0.6) is 0 Å². The second-order valence-electron chi connectivity index (χ2n) is 10.5. The summed E-state index contributed by atoms with van der Waals surface area (Å²) in [4.78, 5) is 38.7. The van der Waals surface area contributed by atoms with Crippen LogP contribution in [0.15, 0.2) is 60.7 Å². The predicted octanol–water partition coefficient (Wildman–Crippen LogP) is 4.17. The number of ether oxygens (including phenoxy) is 3. The normalized spacial score (nSPS) is 13.3. The summed E-state index contributed by atoms with van der Waals surface area (Å²) >= 11 is 0. The minimum absolute atomic E-state index is 0.0618. The Labute approximate surface area is 213 Å². The first-order chi connectivity index (χ1) is 16.8. The van der Waals surface area contributed by atoms with Crippen LogP contribution in [-0.2, 0) is 36.8 Å². The molecule has 0 saturated heterocycles. The van der Waals surface area contributed by atoms with Crippen LogP contribution in [0.1, 0.15) is 52.7 Å². The second-order valence-corrected chi connectivity index (χ2v) is 10.5. The van der Waals surface area contributed by atoms with Crippen LogP contribution in [0.3, 0.4) is 0 Å². The Morgan fingerprint density at radius 2 is 1.31 bits per heavy atom. The summed E-state index contributed by atoms with van der Waals surface area (Å²) in [5.74, 6) is -1.17. The van der Waals surface area contributed by atoms with E-state index in [-0.39, 0.29) is 19.6 Å². The molecule has 0 unspecified atom stereocenters. The van der Waals surface area contributed by atoms with E-state index in [1.807, 2.05) is 81.4 Å². The standard InChI is InChI=1S/C28H38N2O6/c1-27(2,3)35-19-23(25(32)36-28(4,5)6)29-24(31)22(17-20-13-9-7-10-14-20)30-26(33)34-18-21-15-11-8-12-16-21/h7-16,22-23H,17-19H2,1-6H3,(H,29,31)(H,30,33)/t22-,23-/m0/s1. The van der Waals surface area contributed by atoms with E-state index >= 15 is 0 Å². The second kappa shape index (κ2) is 13.1. The number of benzene rings is 2. The van der Waals surface area contributed by atoms with Gasteiger partial charge in [0.1, 0.15) is 18.2 Å². The summed E-state index contributed by atoms with van der Waals surface area (Å²) in [6.07, 6.45) is -0.538. The smallest absolute Gasteiger partial charge is 0.408 e. The summed E-state index contributed by atoms with van der Waals surface area (Å²) < 4.78 is 16.6. The third-order valence-corrected chi connectivity index (χ3v) is 4.79. The summed E-state index contributed by atoms with van der Waals surface area (Å²) in [7, 11) is 0. The van der Waals surface area contributed by atoms with Gasteiger partial charge >= 0.3 is 12.1 Å². The first-order valence-electron chi connectivity index (χ1n) is 12.0. The van der Waals surface area contributed by atoms with Crippen molar-refractivity contribution in [1.82, 2.24) is 10.6 Å². The molecule has 0 aliphatic heterocycles. The van der Waals surface area contributed by atoms with E-state index in [0.717, 1.165) is 11.1 Å². The SMILES string of the molecule is CC(C)(C)OC[C@H](NC(=O)[C@H](Cc1ccccc1)NC(=O)OCc1ccccc1)C(=O)OC(C)(C)C. The van der Waals surface area contributed by atoms with Crippen molar-refractivity contribution in [2.75, 3.05) is 6.61 Å². The Bertz CT molecular complexity index is 981. The monoisotopic (exact) mass is 498 g/mol. The van der Waals surface area contributed by atoms with Crippen LogP contribution < -0.4 is 10.6 Å². The first kappa shape index (κ1) is 28.8. The minimum Gasteiger partial charge on any atom is -0.458 e. The van der Waals surface area contributed by atoms with Gasteiger partial charge in [-0.1, -0.05) is 60.7 Å². The topological polar surface area (TPSA) is 103 Å². The largest absolute Gasteiger partial charge is 0.458 e. The van der Waals surface area contributed by atoms with Crippen LogP contribution in [-0.4, -0.2) is 47.9 Å². The van der Waals surface area contributed by atoms with Crippen molar-refractivity contribution < 1.29 is 28.6 Å². The van der Waals surface area contributed by atoms with Crippen LogP contribution in [0.2, 0.25) is 0 Å². The lowest BCUT2D eigenvalue weighted by atomic mass is 10.0. The van der Waals surface area contributed by atoms with Gasteiger partial charge in [-0.2, -0.15) is 0 Å². The summed E-state index contributed by atoms with van der Waals surface area (Å²) in [5.41, 5.74) is 0.375. The van der Waals surface area contributed by atoms with E-state index in [1.54, 1.807) is 20.8 Å². The van der Waals surface area contributed by atoms with Crippen LogP contribution >= 0.6 is 0 Å². The van der Waals surface area contributed by atoms with Crippen molar-refractivity contribution in [1.29, 1.82) is 0 Å². The molecule has 0 spiro atoms. The van der Waals surface area contributed by atoms with Gasteiger partial charge in [0.2, 0.25) is 5.91 Å². The van der Waals surface area contributed by atoms with Crippen LogP contribution in [0.25, 0.3) is 0 Å². The summed E-state index contributed by atoms with van der Waals surface area (Å²) in [6, 6.07) is 16.4. The van der Waals surface area contributed by atoms with Gasteiger partial charge in [0.25, 0.3) is 0 Å². The van der Waals surface area contributed by atoms with Gasteiger partial charge in [0, 0.05) is 6.42 Å². The van der Waals surface area contributed by atoms with Crippen molar-refractivity contribution in [2.24, 2.45) is 0 Å². The van der Waals surface area contributed by atoms with Crippen molar-refractivity contribution >= 4 is 18.0 Å². The number of hydrogen-bond acceptors (Lipinski definition) is 6. The van der Waals surface area contributed by atoms with Gasteiger partial charge in [-0.25, -0.2) is 9.59 Å². The maximum Gasteiger partial charge on any atom is 0.408 e. The number of hydrogen-bond donors (Lipinski definition) is 2. The van der Waals surface area contributed by atoms with Crippen molar-refractivity contribution in [3.8, 4) is 0 Å². The molecule has 2 N–H and O–H groups in total. The fourth-order valence-electron chi connectivity index (χ4n) is 3.11. The van der Waals surface area contributed by atoms with Gasteiger partial charge in [-0.05, 0) is 52.7 Å². The molecule has 2 aromatic carbocycles. The van der Waals surface area contributed by atoms with Crippen molar-refractivity contribution in [3.63, 3.8) is 0 Å². The maximum atomic E-state index is 13.3. The molecule has 36 heavy (non-hydrogen) atoms. The van der Waals surface area contributed by atoms with Gasteiger partial charge in [-0.3, -0.25) is 4.79 Å². The van der Waals surface area contributed by atoms with E-state index < -0.39 is 41.3 Å². The Balaban J connectivity index is 2.15. The Kier molecular flexibility index (Phi) is 10.5. The third-order valence-electron chi connectivity index (χ3n) is 4.79. The number of nitrogens with one attached hydrogen (secondary N) is 2. The molecule has 8 nitrogen and oxygen atoms in total. The van der Waals surface area contributed by atoms with E-state index in [2.05, 4.69) is 10.6 Å². The molecule has 2 atom stereocenters. The van der Waals surface area contributed by atoms with Gasteiger partial charge < -0.3 is 24.8 Å². The molecule has 0 aliphatic carbocycles. The van der Waals surface area contributed by atoms with Gasteiger partial charge in [0.15, 0.2) is 6.04 Å². The molecule has 0 saturated carbocycles. The number of alkyl carbamates (subject to hydrolysis) is 1. The molecule has 8 heteroatoms. The van der Waals surface area contributed by atoms with Crippen LogP contribution in [0.4, 0.5) is 4.79 Å². The molecule has 0 radical (unpaired) electrons. The molecule has 2 amide bonds.